The zero-order chi connectivity index (χ0) is 14.8. The first-order chi connectivity index (χ1) is 9.39. The van der Waals surface area contributed by atoms with Gasteiger partial charge in [-0.3, -0.25) is 4.79 Å². The fourth-order valence-electron chi connectivity index (χ4n) is 2.31. The largest absolute Gasteiger partial charge is 0.312 e. The number of hydrogen-bond donors (Lipinski definition) is 0. The second kappa shape index (κ2) is 5.59. The van der Waals surface area contributed by atoms with E-state index in [9.17, 15) is 17.1 Å². The molecule has 1 aliphatic heterocycles. The van der Waals surface area contributed by atoms with E-state index in [4.69, 9.17) is 5.26 Å². The number of nitrogens with zero attached hydrogens (tertiary/aromatic N) is 2. The summed E-state index contributed by atoms with van der Waals surface area (Å²) < 4.78 is 33.9. The number of nitriles is 1. The van der Waals surface area contributed by atoms with Crippen LogP contribution in [0.4, 0.5) is 9.57 Å². The average molecular weight is 296 g/mol. The third-order valence-corrected chi connectivity index (χ3v) is 4.04. The van der Waals surface area contributed by atoms with Gasteiger partial charge in [0.25, 0.3) is 0 Å². The van der Waals surface area contributed by atoms with Gasteiger partial charge in [-0.05, 0) is 17.7 Å². The minimum atomic E-state index is -4.57. The second-order valence-corrected chi connectivity index (χ2v) is 6.19. The molecule has 1 fully saturated rings. The van der Waals surface area contributed by atoms with Crippen LogP contribution in [0.25, 0.3) is 0 Å². The molecule has 0 radical (unpaired) electrons. The number of benzene rings is 1. The van der Waals surface area contributed by atoms with Crippen molar-refractivity contribution in [1.29, 1.82) is 5.26 Å². The Hall–Kier alpha value is -1.94. The molecule has 0 aromatic heterocycles. The van der Waals surface area contributed by atoms with Crippen molar-refractivity contribution in [3.63, 3.8) is 0 Å². The van der Waals surface area contributed by atoms with Crippen molar-refractivity contribution in [3.05, 3.63) is 29.8 Å². The molecule has 106 valence electrons. The van der Waals surface area contributed by atoms with Crippen molar-refractivity contribution in [2.75, 3.05) is 17.2 Å². The summed E-state index contributed by atoms with van der Waals surface area (Å²) in [4.78, 5) is 13.3. The Morgan fingerprint density at radius 1 is 1.35 bits per heavy atom. The number of halogens is 1. The molecule has 0 bridgehead atoms. The van der Waals surface area contributed by atoms with Crippen LogP contribution in [-0.2, 0) is 21.4 Å². The number of rotatable bonds is 4. The Morgan fingerprint density at radius 3 is 2.55 bits per heavy atom. The summed E-state index contributed by atoms with van der Waals surface area (Å²) in [5.41, 5.74) is 1.47. The molecule has 1 atom stereocenters. The first-order valence-electron chi connectivity index (χ1n) is 6.07. The van der Waals surface area contributed by atoms with Gasteiger partial charge < -0.3 is 4.90 Å². The molecule has 20 heavy (non-hydrogen) atoms. The highest BCUT2D eigenvalue weighted by molar-refractivity contribution is 7.86. The molecule has 1 aliphatic rings. The fourth-order valence-corrected chi connectivity index (χ4v) is 3.10. The summed E-state index contributed by atoms with van der Waals surface area (Å²) >= 11 is 0. The number of carbonyl (C=O) groups excluding carboxylic acids is 1. The van der Waals surface area contributed by atoms with Crippen molar-refractivity contribution < 1.29 is 17.1 Å². The Bertz CT molecular complexity index is 649. The Morgan fingerprint density at radius 2 is 2.00 bits per heavy atom. The van der Waals surface area contributed by atoms with E-state index < -0.39 is 21.9 Å². The van der Waals surface area contributed by atoms with Gasteiger partial charge in [-0.25, -0.2) is 0 Å². The second-order valence-electron chi connectivity index (χ2n) is 4.78. The molecule has 1 amide bonds. The van der Waals surface area contributed by atoms with Crippen LogP contribution in [0.1, 0.15) is 12.0 Å². The molecular weight excluding hydrogens is 283 g/mol. The van der Waals surface area contributed by atoms with E-state index in [2.05, 4.69) is 0 Å². The predicted octanol–water partition coefficient (Wildman–Crippen LogP) is 1.40. The van der Waals surface area contributed by atoms with Crippen LogP contribution in [0.5, 0.6) is 0 Å². The maximum Gasteiger partial charge on any atom is 0.302 e. The summed E-state index contributed by atoms with van der Waals surface area (Å²) in [5.74, 6) is -1.36. The van der Waals surface area contributed by atoms with E-state index in [1.165, 1.54) is 4.90 Å². The molecular formula is C13H13FN2O3S. The highest BCUT2D eigenvalue weighted by Crippen LogP contribution is 2.26. The normalized spacial score (nSPS) is 19.1. The highest BCUT2D eigenvalue weighted by atomic mass is 32.3. The molecule has 0 spiro atoms. The summed E-state index contributed by atoms with van der Waals surface area (Å²) in [6, 6.07) is 8.92. The van der Waals surface area contributed by atoms with Gasteiger partial charge in [0.1, 0.15) is 0 Å². The van der Waals surface area contributed by atoms with E-state index in [0.717, 1.165) is 5.56 Å². The lowest BCUT2D eigenvalue weighted by atomic mass is 10.1. The highest BCUT2D eigenvalue weighted by Gasteiger charge is 2.33. The van der Waals surface area contributed by atoms with Gasteiger partial charge in [0.15, 0.2) is 0 Å². The Balaban J connectivity index is 2.10. The Kier molecular flexibility index (Phi) is 4.04. The first-order valence-corrected chi connectivity index (χ1v) is 7.63. The number of carbonyl (C=O) groups is 1. The molecule has 0 saturated carbocycles. The molecule has 1 unspecified atom stereocenters. The molecule has 0 aliphatic carbocycles. The average Bonchev–Trinajstić information content (AvgIpc) is 2.69. The smallest absolute Gasteiger partial charge is 0.302 e. The molecule has 5 nitrogen and oxygen atoms in total. The van der Waals surface area contributed by atoms with E-state index in [1.54, 1.807) is 24.3 Å². The monoisotopic (exact) mass is 296 g/mol. The molecule has 2 rings (SSSR count). The lowest BCUT2D eigenvalue weighted by Crippen LogP contribution is -2.25. The van der Waals surface area contributed by atoms with Gasteiger partial charge in [-0.2, -0.15) is 13.7 Å². The molecule has 1 aromatic carbocycles. The quantitative estimate of drug-likeness (QED) is 0.787. The maximum absolute atomic E-state index is 12.6. The Labute approximate surface area is 116 Å². The predicted molar refractivity (Wildman–Crippen MR) is 71.1 cm³/mol. The van der Waals surface area contributed by atoms with Gasteiger partial charge in [0.2, 0.25) is 5.91 Å². The minimum absolute atomic E-state index is 0.0309. The van der Waals surface area contributed by atoms with Crippen LogP contribution < -0.4 is 4.90 Å². The summed E-state index contributed by atoms with van der Waals surface area (Å²) in [6.07, 6.45) is 0.319. The zero-order valence-electron chi connectivity index (χ0n) is 10.6. The van der Waals surface area contributed by atoms with Gasteiger partial charge in [0, 0.05) is 24.6 Å². The van der Waals surface area contributed by atoms with Gasteiger partial charge in [-0.1, -0.05) is 12.1 Å². The van der Waals surface area contributed by atoms with E-state index in [1.807, 2.05) is 6.07 Å². The van der Waals surface area contributed by atoms with Crippen molar-refractivity contribution in [3.8, 4) is 6.07 Å². The molecule has 1 saturated heterocycles. The standard InChI is InChI=1S/C13H13FN2O3S/c14-20(18,19)9-11-7-13(17)16(8-11)12-3-1-10(2-4-12)5-6-15/h1-4,11H,5,7-9H2. The van der Waals surface area contributed by atoms with Gasteiger partial charge >= 0.3 is 10.2 Å². The van der Waals surface area contributed by atoms with E-state index in [0.29, 0.717) is 5.69 Å². The first kappa shape index (κ1) is 14.5. The third-order valence-electron chi connectivity index (χ3n) is 3.17. The van der Waals surface area contributed by atoms with Crippen molar-refractivity contribution in [1.82, 2.24) is 0 Å². The van der Waals surface area contributed by atoms with Crippen molar-refractivity contribution in [2.24, 2.45) is 5.92 Å². The van der Waals surface area contributed by atoms with Crippen LogP contribution >= 0.6 is 0 Å². The lowest BCUT2D eigenvalue weighted by Gasteiger charge is -2.16. The van der Waals surface area contributed by atoms with Crippen LogP contribution in [0.15, 0.2) is 24.3 Å². The SMILES string of the molecule is N#CCc1ccc(N2CC(CS(=O)(=O)F)CC2=O)cc1. The van der Waals surface area contributed by atoms with Crippen LogP contribution in [-0.4, -0.2) is 26.6 Å². The van der Waals surface area contributed by atoms with Gasteiger partial charge in [-0.15, -0.1) is 3.89 Å². The summed E-state index contributed by atoms with van der Waals surface area (Å²) in [5, 5.41) is 8.58. The topological polar surface area (TPSA) is 78.2 Å². The number of amides is 1. The summed E-state index contributed by atoms with van der Waals surface area (Å²) in [6.45, 7) is 0.194. The summed E-state index contributed by atoms with van der Waals surface area (Å²) in [7, 11) is -4.57. The number of anilines is 1. The molecule has 1 aromatic rings. The van der Waals surface area contributed by atoms with Gasteiger partial charge in [0.05, 0.1) is 18.2 Å². The third kappa shape index (κ3) is 3.54. The van der Waals surface area contributed by atoms with Crippen molar-refractivity contribution in [2.45, 2.75) is 12.8 Å². The van der Waals surface area contributed by atoms with E-state index in [-0.39, 0.29) is 25.3 Å². The minimum Gasteiger partial charge on any atom is -0.312 e. The molecule has 7 heteroatoms. The lowest BCUT2D eigenvalue weighted by molar-refractivity contribution is -0.117. The maximum atomic E-state index is 12.6. The molecule has 0 N–H and O–H groups in total. The molecule has 1 heterocycles. The van der Waals surface area contributed by atoms with Crippen LogP contribution in [0.2, 0.25) is 0 Å². The van der Waals surface area contributed by atoms with Crippen LogP contribution in [0.3, 0.4) is 0 Å². The van der Waals surface area contributed by atoms with Crippen LogP contribution in [0, 0.1) is 17.2 Å². The number of hydrogen-bond acceptors (Lipinski definition) is 4. The zero-order valence-corrected chi connectivity index (χ0v) is 11.4. The fraction of sp³-hybridized carbons (Fsp3) is 0.385. The van der Waals surface area contributed by atoms with E-state index >= 15 is 0 Å². The van der Waals surface area contributed by atoms with Crippen molar-refractivity contribution >= 4 is 21.8 Å².